The van der Waals surface area contributed by atoms with Crippen LogP contribution in [0.25, 0.3) is 11.0 Å². The van der Waals surface area contributed by atoms with Crippen molar-refractivity contribution in [3.8, 4) is 5.75 Å². The second kappa shape index (κ2) is 8.66. The lowest BCUT2D eigenvalue weighted by molar-refractivity contribution is 0.0954. The number of carbonyl (C=O) groups is 1. The van der Waals surface area contributed by atoms with Crippen molar-refractivity contribution in [1.82, 2.24) is 19.9 Å². The van der Waals surface area contributed by atoms with Crippen LogP contribution in [-0.2, 0) is 13.0 Å². The number of rotatable bonds is 6. The summed E-state index contributed by atoms with van der Waals surface area (Å²) in [6, 6.07) is 17.6. The lowest BCUT2D eigenvalue weighted by Crippen LogP contribution is -2.32. The van der Waals surface area contributed by atoms with Gasteiger partial charge in [-0.05, 0) is 35.7 Å². The van der Waals surface area contributed by atoms with Crippen molar-refractivity contribution < 1.29 is 9.90 Å². The van der Waals surface area contributed by atoms with Crippen molar-refractivity contribution in [2.45, 2.75) is 13.0 Å². The van der Waals surface area contributed by atoms with Crippen molar-refractivity contribution in [2.24, 2.45) is 0 Å². The smallest absolute Gasteiger partial charge is 0.330 e. The van der Waals surface area contributed by atoms with Crippen molar-refractivity contribution >= 4 is 16.9 Å². The van der Waals surface area contributed by atoms with Crippen LogP contribution in [0.2, 0.25) is 0 Å². The number of aromatic nitrogens is 3. The van der Waals surface area contributed by atoms with E-state index in [1.54, 1.807) is 18.2 Å². The van der Waals surface area contributed by atoms with Crippen molar-refractivity contribution in [1.29, 1.82) is 0 Å². The van der Waals surface area contributed by atoms with E-state index in [-0.39, 0.29) is 34.8 Å². The Hall–Kier alpha value is -4.20. The fourth-order valence-electron chi connectivity index (χ4n) is 3.34. The molecule has 0 unspecified atom stereocenters. The van der Waals surface area contributed by atoms with Crippen LogP contribution < -0.4 is 16.6 Å². The van der Waals surface area contributed by atoms with Crippen LogP contribution in [0.3, 0.4) is 0 Å². The second-order valence-corrected chi connectivity index (χ2v) is 7.10. The summed E-state index contributed by atoms with van der Waals surface area (Å²) >= 11 is 0. The first kappa shape index (κ1) is 20.1. The molecule has 3 N–H and O–H groups in total. The zero-order chi connectivity index (χ0) is 21.8. The molecule has 2 heterocycles. The topological polar surface area (TPSA) is 117 Å². The molecule has 4 rings (SSSR count). The molecule has 0 saturated carbocycles. The van der Waals surface area contributed by atoms with E-state index >= 15 is 0 Å². The zero-order valence-corrected chi connectivity index (χ0v) is 16.5. The molecular formula is C23H20N4O4. The molecule has 0 fully saturated rings. The van der Waals surface area contributed by atoms with Gasteiger partial charge in [-0.25, -0.2) is 9.78 Å². The molecule has 0 aliphatic rings. The highest BCUT2D eigenvalue weighted by molar-refractivity contribution is 5.96. The number of benzene rings is 2. The maximum absolute atomic E-state index is 12.5. The van der Waals surface area contributed by atoms with Gasteiger partial charge in [0.05, 0.1) is 17.5 Å². The van der Waals surface area contributed by atoms with E-state index in [2.05, 4.69) is 15.3 Å². The minimum Gasteiger partial charge on any atom is -0.508 e. The van der Waals surface area contributed by atoms with Crippen LogP contribution in [0.15, 0.2) is 76.4 Å². The van der Waals surface area contributed by atoms with Crippen molar-refractivity contribution in [2.75, 3.05) is 6.54 Å². The number of nitrogens with zero attached hydrogens (tertiary/aromatic N) is 2. The van der Waals surface area contributed by atoms with E-state index in [0.717, 1.165) is 11.1 Å². The molecule has 0 spiro atoms. The summed E-state index contributed by atoms with van der Waals surface area (Å²) in [5.74, 6) is -0.210. The molecule has 0 atom stereocenters. The number of amides is 1. The number of phenols is 1. The second-order valence-electron chi connectivity index (χ2n) is 7.10. The average molecular weight is 416 g/mol. The van der Waals surface area contributed by atoms with Gasteiger partial charge in [0.2, 0.25) is 0 Å². The molecule has 2 aromatic carbocycles. The Kier molecular flexibility index (Phi) is 5.61. The summed E-state index contributed by atoms with van der Waals surface area (Å²) in [5.41, 5.74) is 1.06. The van der Waals surface area contributed by atoms with E-state index in [9.17, 15) is 19.5 Å². The quantitative estimate of drug-likeness (QED) is 0.443. The van der Waals surface area contributed by atoms with Crippen molar-refractivity contribution in [3.05, 3.63) is 104 Å². The highest BCUT2D eigenvalue weighted by atomic mass is 16.3. The average Bonchev–Trinajstić information content (AvgIpc) is 2.77. The van der Waals surface area contributed by atoms with E-state index in [1.165, 1.54) is 16.8 Å². The summed E-state index contributed by atoms with van der Waals surface area (Å²) in [4.78, 5) is 43.8. The maximum atomic E-state index is 12.5. The molecule has 31 heavy (non-hydrogen) atoms. The largest absolute Gasteiger partial charge is 0.508 e. The standard InChI is InChI=1S/C23H20N4O4/c28-18-8-4-7-15(11-18)9-10-24-21(29)17-12-19-20(25-13-17)27(23(31)26-22(19)30)14-16-5-2-1-3-6-16/h1-8,11-13,28H,9-10,14H2,(H,24,29)(H,26,30,31). The first-order valence-corrected chi connectivity index (χ1v) is 9.74. The van der Waals surface area contributed by atoms with Crippen molar-refractivity contribution in [3.63, 3.8) is 0 Å². The Morgan fingerprint density at radius 1 is 1.03 bits per heavy atom. The number of phenolic OH excluding ortho intramolecular Hbond substituents is 1. The third kappa shape index (κ3) is 4.53. The van der Waals surface area contributed by atoms with E-state index in [4.69, 9.17) is 0 Å². The number of pyridine rings is 1. The number of aromatic amines is 1. The summed E-state index contributed by atoms with van der Waals surface area (Å²) in [5, 5.41) is 12.4. The molecular weight excluding hydrogens is 396 g/mol. The highest BCUT2D eigenvalue weighted by Crippen LogP contribution is 2.12. The molecule has 0 aliphatic carbocycles. The van der Waals surface area contributed by atoms with Gasteiger partial charge in [-0.3, -0.25) is 19.1 Å². The minimum atomic E-state index is -0.591. The molecule has 8 heteroatoms. The van der Waals surface area contributed by atoms with Gasteiger partial charge in [-0.2, -0.15) is 0 Å². The third-order valence-corrected chi connectivity index (χ3v) is 4.89. The van der Waals surface area contributed by atoms with Gasteiger partial charge in [-0.1, -0.05) is 42.5 Å². The SMILES string of the molecule is O=C(NCCc1cccc(O)c1)c1cnc2c(c1)c(=O)[nH]c(=O)n2Cc1ccccc1. The Balaban J connectivity index is 1.56. The molecule has 2 aromatic heterocycles. The van der Waals surface area contributed by atoms with E-state index in [0.29, 0.717) is 13.0 Å². The van der Waals surface area contributed by atoms with Crippen LogP contribution in [-0.4, -0.2) is 32.1 Å². The van der Waals surface area contributed by atoms with Gasteiger partial charge < -0.3 is 10.4 Å². The summed E-state index contributed by atoms with van der Waals surface area (Å²) in [6.07, 6.45) is 1.89. The lowest BCUT2D eigenvalue weighted by Gasteiger charge is -2.10. The van der Waals surface area contributed by atoms with Gasteiger partial charge >= 0.3 is 5.69 Å². The van der Waals surface area contributed by atoms with E-state index < -0.39 is 11.2 Å². The van der Waals surface area contributed by atoms with Gasteiger partial charge in [0, 0.05) is 12.7 Å². The fraction of sp³-hybridized carbons (Fsp3) is 0.130. The number of H-pyrrole nitrogens is 1. The van der Waals surface area contributed by atoms with Gasteiger partial charge in [-0.15, -0.1) is 0 Å². The van der Waals surface area contributed by atoms with Crippen LogP contribution in [0, 0.1) is 0 Å². The predicted molar refractivity (Wildman–Crippen MR) is 116 cm³/mol. The Labute approximate surface area is 176 Å². The minimum absolute atomic E-state index is 0.163. The molecule has 8 nitrogen and oxygen atoms in total. The molecule has 4 aromatic rings. The molecule has 0 radical (unpaired) electrons. The number of hydrogen-bond acceptors (Lipinski definition) is 5. The Bertz CT molecular complexity index is 1360. The number of hydrogen-bond donors (Lipinski definition) is 3. The van der Waals surface area contributed by atoms with Gasteiger partial charge in [0.15, 0.2) is 0 Å². The number of carbonyl (C=O) groups excluding carboxylic acids is 1. The van der Waals surface area contributed by atoms with Crippen LogP contribution >= 0.6 is 0 Å². The summed E-state index contributed by atoms with van der Waals surface area (Å²) in [7, 11) is 0. The zero-order valence-electron chi connectivity index (χ0n) is 16.5. The first-order chi connectivity index (χ1) is 15.0. The lowest BCUT2D eigenvalue weighted by atomic mass is 10.1. The van der Waals surface area contributed by atoms with Gasteiger partial charge in [0.1, 0.15) is 11.4 Å². The molecule has 0 saturated heterocycles. The summed E-state index contributed by atoms with van der Waals surface area (Å²) in [6.45, 7) is 0.597. The maximum Gasteiger partial charge on any atom is 0.330 e. The van der Waals surface area contributed by atoms with E-state index in [1.807, 2.05) is 36.4 Å². The molecule has 156 valence electrons. The normalized spacial score (nSPS) is 10.8. The molecule has 1 amide bonds. The number of fused-ring (bicyclic) bond motifs is 1. The monoisotopic (exact) mass is 416 g/mol. The van der Waals surface area contributed by atoms with Crippen LogP contribution in [0.1, 0.15) is 21.5 Å². The summed E-state index contributed by atoms with van der Waals surface area (Å²) < 4.78 is 1.37. The number of nitrogens with one attached hydrogen (secondary N) is 2. The van der Waals surface area contributed by atoms with Crippen LogP contribution in [0.4, 0.5) is 0 Å². The fourth-order valence-corrected chi connectivity index (χ4v) is 3.34. The van der Waals surface area contributed by atoms with Gasteiger partial charge in [0.25, 0.3) is 11.5 Å². The Morgan fingerprint density at radius 2 is 1.81 bits per heavy atom. The number of aromatic hydroxyl groups is 1. The highest BCUT2D eigenvalue weighted by Gasteiger charge is 2.13. The van der Waals surface area contributed by atoms with Crippen LogP contribution in [0.5, 0.6) is 5.75 Å². The first-order valence-electron chi connectivity index (χ1n) is 9.74. The Morgan fingerprint density at radius 3 is 2.58 bits per heavy atom. The predicted octanol–water partition coefficient (Wildman–Crippen LogP) is 1.81. The molecule has 0 aliphatic heterocycles. The molecule has 0 bridgehead atoms. The third-order valence-electron chi connectivity index (χ3n) is 4.89.